The summed E-state index contributed by atoms with van der Waals surface area (Å²) in [7, 11) is 0. The highest BCUT2D eigenvalue weighted by Crippen LogP contribution is 2.23. The molecule has 1 amide bonds. The Morgan fingerprint density at radius 2 is 1.91 bits per heavy atom. The molecular formula is C14H21NO8. The van der Waals surface area contributed by atoms with Gasteiger partial charge in [-0.1, -0.05) is 0 Å². The predicted molar refractivity (Wildman–Crippen MR) is 74.8 cm³/mol. The Hall–Kier alpha value is -1.49. The molecule has 0 aromatic carbocycles. The van der Waals surface area contributed by atoms with Gasteiger partial charge in [-0.05, 0) is 12.1 Å². The van der Waals surface area contributed by atoms with Crippen LogP contribution < -0.4 is 5.32 Å². The number of aliphatic hydroxyl groups is 4. The maximum absolute atomic E-state index is 10.8. The van der Waals surface area contributed by atoms with Crippen molar-refractivity contribution in [3.05, 3.63) is 23.7 Å². The zero-order valence-corrected chi connectivity index (χ0v) is 12.6. The number of rotatable bonds is 6. The van der Waals surface area contributed by atoms with Crippen molar-refractivity contribution in [2.24, 2.45) is 0 Å². The van der Waals surface area contributed by atoms with Crippen LogP contribution in [0.4, 0.5) is 0 Å². The summed E-state index contributed by atoms with van der Waals surface area (Å²) in [6.45, 7) is 1.07. The molecule has 1 aromatic rings. The van der Waals surface area contributed by atoms with Crippen LogP contribution in [-0.4, -0.2) is 63.6 Å². The molecule has 1 aliphatic rings. The summed E-state index contributed by atoms with van der Waals surface area (Å²) < 4.78 is 16.0. The van der Waals surface area contributed by atoms with Gasteiger partial charge in [0.05, 0.1) is 13.2 Å². The minimum Gasteiger partial charge on any atom is -0.462 e. The van der Waals surface area contributed by atoms with Crippen LogP contribution in [0.5, 0.6) is 0 Å². The molecule has 9 heteroatoms. The number of furan rings is 1. The lowest BCUT2D eigenvalue weighted by Gasteiger charge is -2.39. The van der Waals surface area contributed by atoms with Crippen molar-refractivity contribution in [1.82, 2.24) is 5.32 Å². The third-order valence-electron chi connectivity index (χ3n) is 3.47. The monoisotopic (exact) mass is 331 g/mol. The van der Waals surface area contributed by atoms with Gasteiger partial charge in [0.2, 0.25) is 5.91 Å². The predicted octanol–water partition coefficient (Wildman–Crippen LogP) is -1.77. The summed E-state index contributed by atoms with van der Waals surface area (Å²) in [4.78, 5) is 10.8. The van der Waals surface area contributed by atoms with Crippen LogP contribution in [0, 0.1) is 0 Å². The van der Waals surface area contributed by atoms with Crippen LogP contribution in [-0.2, 0) is 27.4 Å². The number of carbonyl (C=O) groups is 1. The van der Waals surface area contributed by atoms with E-state index in [4.69, 9.17) is 19.0 Å². The van der Waals surface area contributed by atoms with E-state index < -0.39 is 37.3 Å². The number of nitrogens with one attached hydrogen (secondary N) is 1. The van der Waals surface area contributed by atoms with E-state index in [0.717, 1.165) is 0 Å². The molecular weight excluding hydrogens is 310 g/mol. The molecule has 0 aliphatic carbocycles. The number of aliphatic hydroxyl groups excluding tert-OH is 4. The van der Waals surface area contributed by atoms with Crippen molar-refractivity contribution in [2.45, 2.75) is 50.8 Å². The highest BCUT2D eigenvalue weighted by molar-refractivity contribution is 5.72. The molecule has 0 saturated carbocycles. The average Bonchev–Trinajstić information content (AvgIpc) is 2.98. The Morgan fingerprint density at radius 3 is 2.57 bits per heavy atom. The first-order valence-corrected chi connectivity index (χ1v) is 7.16. The maximum atomic E-state index is 10.8. The average molecular weight is 331 g/mol. The van der Waals surface area contributed by atoms with Crippen LogP contribution >= 0.6 is 0 Å². The normalized spacial score (nSPS) is 31.1. The SMILES string of the molecule is CC(=O)NCc1ccc(CO[C@H]2O[C@H](CO)[C@@H](O)[C@H](O)[C@H]2O)o1. The van der Waals surface area contributed by atoms with E-state index >= 15 is 0 Å². The second kappa shape index (κ2) is 7.86. The second-order valence-corrected chi connectivity index (χ2v) is 5.29. The minimum absolute atomic E-state index is 0.0528. The molecule has 130 valence electrons. The lowest BCUT2D eigenvalue weighted by molar-refractivity contribution is -0.304. The molecule has 9 nitrogen and oxygen atoms in total. The molecule has 5 atom stereocenters. The highest BCUT2D eigenvalue weighted by Gasteiger charge is 2.44. The summed E-state index contributed by atoms with van der Waals surface area (Å²) >= 11 is 0. The van der Waals surface area contributed by atoms with Crippen LogP contribution in [0.25, 0.3) is 0 Å². The molecule has 1 aromatic heterocycles. The van der Waals surface area contributed by atoms with Gasteiger partial charge in [0.25, 0.3) is 0 Å². The highest BCUT2D eigenvalue weighted by atomic mass is 16.7. The Balaban J connectivity index is 1.88. The number of hydrogen-bond donors (Lipinski definition) is 5. The standard InChI is InChI=1S/C14H21NO8/c1-7(17)15-4-8-2-3-9(22-8)6-21-14-13(20)12(19)11(18)10(5-16)23-14/h2-3,10-14,16,18-20H,4-6H2,1H3,(H,15,17)/t10-,11-,12+,13-,14+/m1/s1. The summed E-state index contributed by atoms with van der Waals surface area (Å²) in [6.07, 6.45) is -6.61. The largest absolute Gasteiger partial charge is 0.462 e. The van der Waals surface area contributed by atoms with Gasteiger partial charge in [0.15, 0.2) is 6.29 Å². The van der Waals surface area contributed by atoms with Crippen molar-refractivity contribution >= 4 is 5.91 Å². The van der Waals surface area contributed by atoms with Crippen molar-refractivity contribution in [2.75, 3.05) is 6.61 Å². The van der Waals surface area contributed by atoms with Crippen LogP contribution in [0.3, 0.4) is 0 Å². The number of amides is 1. The van der Waals surface area contributed by atoms with Gasteiger partial charge < -0.3 is 39.6 Å². The molecule has 1 saturated heterocycles. The van der Waals surface area contributed by atoms with E-state index in [-0.39, 0.29) is 19.1 Å². The summed E-state index contributed by atoms with van der Waals surface area (Å²) in [5.74, 6) is 0.787. The zero-order chi connectivity index (χ0) is 17.0. The molecule has 5 N–H and O–H groups in total. The first-order valence-electron chi connectivity index (χ1n) is 7.16. The van der Waals surface area contributed by atoms with Crippen molar-refractivity contribution in [3.63, 3.8) is 0 Å². The van der Waals surface area contributed by atoms with Crippen LogP contribution in [0.15, 0.2) is 16.5 Å². The van der Waals surface area contributed by atoms with Gasteiger partial charge in [-0.25, -0.2) is 0 Å². The number of carbonyl (C=O) groups excluding carboxylic acids is 1. The van der Waals surface area contributed by atoms with Crippen LogP contribution in [0.1, 0.15) is 18.4 Å². The Kier molecular flexibility index (Phi) is 6.10. The zero-order valence-electron chi connectivity index (χ0n) is 12.6. The lowest BCUT2D eigenvalue weighted by atomic mass is 9.99. The van der Waals surface area contributed by atoms with Crippen molar-refractivity contribution < 1.29 is 39.1 Å². The van der Waals surface area contributed by atoms with Gasteiger partial charge in [-0.3, -0.25) is 4.79 Å². The molecule has 2 rings (SSSR count). The Morgan fingerprint density at radius 1 is 1.22 bits per heavy atom. The van der Waals surface area contributed by atoms with Gasteiger partial charge in [-0.15, -0.1) is 0 Å². The van der Waals surface area contributed by atoms with E-state index in [0.29, 0.717) is 11.5 Å². The van der Waals surface area contributed by atoms with Crippen molar-refractivity contribution in [3.8, 4) is 0 Å². The number of ether oxygens (including phenoxy) is 2. The fourth-order valence-electron chi connectivity index (χ4n) is 2.18. The smallest absolute Gasteiger partial charge is 0.217 e. The number of hydrogen-bond acceptors (Lipinski definition) is 8. The van der Waals surface area contributed by atoms with E-state index in [1.165, 1.54) is 6.92 Å². The second-order valence-electron chi connectivity index (χ2n) is 5.29. The van der Waals surface area contributed by atoms with Gasteiger partial charge in [0, 0.05) is 6.92 Å². The van der Waals surface area contributed by atoms with Crippen molar-refractivity contribution in [1.29, 1.82) is 0 Å². The molecule has 1 aliphatic heterocycles. The first kappa shape index (κ1) is 17.9. The van der Waals surface area contributed by atoms with Gasteiger partial charge in [0.1, 0.15) is 42.5 Å². The molecule has 23 heavy (non-hydrogen) atoms. The Bertz CT molecular complexity index is 517. The summed E-state index contributed by atoms with van der Waals surface area (Å²) in [5, 5.41) is 40.8. The summed E-state index contributed by atoms with van der Waals surface area (Å²) in [5.41, 5.74) is 0. The maximum Gasteiger partial charge on any atom is 0.217 e. The first-order chi connectivity index (χ1) is 10.9. The summed E-state index contributed by atoms with van der Waals surface area (Å²) in [6, 6.07) is 3.31. The van der Waals surface area contributed by atoms with Gasteiger partial charge in [-0.2, -0.15) is 0 Å². The molecule has 0 spiro atoms. The fourth-order valence-corrected chi connectivity index (χ4v) is 2.18. The third kappa shape index (κ3) is 4.50. The topological polar surface area (TPSA) is 142 Å². The lowest BCUT2D eigenvalue weighted by Crippen LogP contribution is -2.59. The molecule has 0 bridgehead atoms. The fraction of sp³-hybridized carbons (Fsp3) is 0.643. The minimum atomic E-state index is -1.49. The molecule has 0 unspecified atom stereocenters. The molecule has 0 radical (unpaired) electrons. The van der Waals surface area contributed by atoms with E-state index in [2.05, 4.69) is 5.32 Å². The third-order valence-corrected chi connectivity index (χ3v) is 3.47. The molecule has 2 heterocycles. The van der Waals surface area contributed by atoms with E-state index in [1.807, 2.05) is 0 Å². The Labute approximate surface area is 132 Å². The van der Waals surface area contributed by atoms with Crippen LogP contribution in [0.2, 0.25) is 0 Å². The van der Waals surface area contributed by atoms with E-state index in [9.17, 15) is 20.1 Å². The van der Waals surface area contributed by atoms with Gasteiger partial charge >= 0.3 is 0 Å². The molecule has 1 fully saturated rings. The van der Waals surface area contributed by atoms with E-state index in [1.54, 1.807) is 12.1 Å². The quantitative estimate of drug-likeness (QED) is 0.412.